The predicted octanol–water partition coefficient (Wildman–Crippen LogP) is 8.01. The van der Waals surface area contributed by atoms with Crippen molar-refractivity contribution in [3.63, 3.8) is 0 Å². The van der Waals surface area contributed by atoms with Crippen LogP contribution < -0.4 is 0 Å². The van der Waals surface area contributed by atoms with Crippen LogP contribution in [0, 0.1) is 13.8 Å². The van der Waals surface area contributed by atoms with Crippen molar-refractivity contribution in [2.24, 2.45) is 0 Å². The Kier molecular flexibility index (Phi) is 6.08. The second-order valence-corrected chi connectivity index (χ2v) is 6.99. The van der Waals surface area contributed by atoms with Crippen molar-refractivity contribution in [2.75, 3.05) is 0 Å². The Hall–Kier alpha value is -2.86. The summed E-state index contributed by atoms with van der Waals surface area (Å²) in [5.41, 5.74) is 10.3. The summed E-state index contributed by atoms with van der Waals surface area (Å²) in [6.07, 6.45) is 7.64. The van der Waals surface area contributed by atoms with Crippen LogP contribution in [0.1, 0.15) is 37.0 Å². The van der Waals surface area contributed by atoms with Gasteiger partial charge in [0.25, 0.3) is 0 Å². The molecule has 0 spiro atoms. The first kappa shape index (κ1) is 18.9. The van der Waals surface area contributed by atoms with Crippen molar-refractivity contribution in [3.05, 3.63) is 102 Å². The zero-order chi connectivity index (χ0) is 19.2. The first-order chi connectivity index (χ1) is 13.1. The van der Waals surface area contributed by atoms with Gasteiger partial charge in [-0.15, -0.1) is 0 Å². The normalized spacial score (nSPS) is 11.9. The maximum absolute atomic E-state index is 2.34. The zero-order valence-electron chi connectivity index (χ0n) is 16.8. The highest BCUT2D eigenvalue weighted by atomic mass is 14.1. The molecule has 136 valence electrons. The molecule has 0 fully saturated rings. The van der Waals surface area contributed by atoms with E-state index < -0.39 is 0 Å². The Morgan fingerprint density at radius 3 is 2.11 bits per heavy atom. The van der Waals surface area contributed by atoms with Crippen LogP contribution in [0.15, 0.2) is 85.0 Å². The van der Waals surface area contributed by atoms with Gasteiger partial charge in [-0.25, -0.2) is 0 Å². The molecule has 0 aliphatic heterocycles. The fourth-order valence-corrected chi connectivity index (χ4v) is 3.50. The number of hydrogen-bond acceptors (Lipinski definition) is 0. The topological polar surface area (TPSA) is 0 Å². The summed E-state index contributed by atoms with van der Waals surface area (Å²) in [6, 6.07) is 24.2. The molecular formula is C27H28. The van der Waals surface area contributed by atoms with Crippen LogP contribution >= 0.6 is 0 Å². The third kappa shape index (κ3) is 4.28. The molecule has 27 heavy (non-hydrogen) atoms. The van der Waals surface area contributed by atoms with Crippen molar-refractivity contribution in [3.8, 4) is 22.3 Å². The first-order valence-electron chi connectivity index (χ1n) is 9.74. The number of benzene rings is 3. The average Bonchev–Trinajstić information content (AvgIpc) is 2.69. The molecule has 0 saturated heterocycles. The van der Waals surface area contributed by atoms with Gasteiger partial charge < -0.3 is 0 Å². The molecule has 3 rings (SSSR count). The van der Waals surface area contributed by atoms with Gasteiger partial charge in [0.15, 0.2) is 0 Å². The molecule has 3 aromatic carbocycles. The lowest BCUT2D eigenvalue weighted by atomic mass is 9.90. The van der Waals surface area contributed by atoms with E-state index in [1.165, 1.54) is 44.5 Å². The second-order valence-electron chi connectivity index (χ2n) is 6.99. The molecule has 0 radical (unpaired) electrons. The SMILES string of the molecule is C/C=C\C(=C/CC)c1ccc(C)c(-c2cc(-c3ccccc3)ccc2C)c1. The zero-order valence-corrected chi connectivity index (χ0v) is 16.8. The van der Waals surface area contributed by atoms with Gasteiger partial charge in [-0.1, -0.05) is 79.7 Å². The van der Waals surface area contributed by atoms with E-state index in [0.717, 1.165) is 6.42 Å². The number of hydrogen-bond donors (Lipinski definition) is 0. The highest BCUT2D eigenvalue weighted by Crippen LogP contribution is 2.33. The van der Waals surface area contributed by atoms with Gasteiger partial charge in [0.2, 0.25) is 0 Å². The van der Waals surface area contributed by atoms with Gasteiger partial charge in [-0.3, -0.25) is 0 Å². The van der Waals surface area contributed by atoms with Gasteiger partial charge in [0.1, 0.15) is 0 Å². The van der Waals surface area contributed by atoms with E-state index in [2.05, 4.69) is 113 Å². The third-order valence-corrected chi connectivity index (χ3v) is 4.98. The Bertz CT molecular complexity index is 972. The molecule has 0 aliphatic rings. The highest BCUT2D eigenvalue weighted by Gasteiger charge is 2.10. The molecule has 3 aromatic rings. The Labute approximate surface area is 163 Å². The number of aryl methyl sites for hydroxylation is 2. The van der Waals surface area contributed by atoms with Gasteiger partial charge >= 0.3 is 0 Å². The van der Waals surface area contributed by atoms with E-state index in [4.69, 9.17) is 0 Å². The Morgan fingerprint density at radius 1 is 0.778 bits per heavy atom. The van der Waals surface area contributed by atoms with Crippen LogP contribution in [0.3, 0.4) is 0 Å². The molecule has 0 saturated carbocycles. The lowest BCUT2D eigenvalue weighted by Gasteiger charge is -2.14. The van der Waals surface area contributed by atoms with Crippen molar-refractivity contribution in [1.82, 2.24) is 0 Å². The molecule has 0 heterocycles. The van der Waals surface area contributed by atoms with Crippen LogP contribution in [0.2, 0.25) is 0 Å². The summed E-state index contributed by atoms with van der Waals surface area (Å²) in [7, 11) is 0. The average molecular weight is 353 g/mol. The van der Waals surface area contributed by atoms with E-state index in [9.17, 15) is 0 Å². The van der Waals surface area contributed by atoms with Gasteiger partial charge in [-0.2, -0.15) is 0 Å². The summed E-state index contributed by atoms with van der Waals surface area (Å²) < 4.78 is 0. The number of allylic oxidation sites excluding steroid dienone is 4. The Morgan fingerprint density at radius 2 is 1.44 bits per heavy atom. The minimum Gasteiger partial charge on any atom is -0.0871 e. The fourth-order valence-electron chi connectivity index (χ4n) is 3.50. The molecule has 0 aromatic heterocycles. The number of rotatable bonds is 5. The minimum absolute atomic E-state index is 1.03. The quantitative estimate of drug-likeness (QED) is 0.408. The van der Waals surface area contributed by atoms with Crippen molar-refractivity contribution in [2.45, 2.75) is 34.1 Å². The van der Waals surface area contributed by atoms with Gasteiger partial charge in [0.05, 0.1) is 0 Å². The van der Waals surface area contributed by atoms with E-state index in [1.807, 2.05) is 0 Å². The monoisotopic (exact) mass is 352 g/mol. The second kappa shape index (κ2) is 8.68. The standard InChI is InChI=1S/C27H28/c1-5-10-22(11-6-2)24-16-14-20(3)26(18-24)27-19-25(17-15-21(27)4)23-12-8-7-9-13-23/h5,7-19H,6H2,1-4H3/b10-5-,22-11+. The van der Waals surface area contributed by atoms with E-state index in [0.29, 0.717) is 0 Å². The van der Waals surface area contributed by atoms with E-state index in [1.54, 1.807) is 0 Å². The molecule has 0 amide bonds. The van der Waals surface area contributed by atoms with Crippen molar-refractivity contribution >= 4 is 5.57 Å². The first-order valence-corrected chi connectivity index (χ1v) is 9.74. The Balaban J connectivity index is 2.14. The van der Waals surface area contributed by atoms with Crippen LogP contribution in [-0.2, 0) is 0 Å². The molecule has 0 nitrogen and oxygen atoms in total. The molecule has 0 aliphatic carbocycles. The lowest BCUT2D eigenvalue weighted by Crippen LogP contribution is -1.91. The summed E-state index contributed by atoms with van der Waals surface area (Å²) in [5, 5.41) is 0. The largest absolute Gasteiger partial charge is 0.0871 e. The maximum Gasteiger partial charge on any atom is -0.0146 e. The predicted molar refractivity (Wildman–Crippen MR) is 120 cm³/mol. The lowest BCUT2D eigenvalue weighted by molar-refractivity contribution is 1.23. The van der Waals surface area contributed by atoms with Gasteiger partial charge in [0, 0.05) is 0 Å². The van der Waals surface area contributed by atoms with E-state index >= 15 is 0 Å². The van der Waals surface area contributed by atoms with Gasteiger partial charge in [-0.05, 0) is 83.8 Å². The molecule has 0 heteroatoms. The maximum atomic E-state index is 2.34. The fraction of sp³-hybridized carbons (Fsp3) is 0.185. The molecular weight excluding hydrogens is 324 g/mol. The highest BCUT2D eigenvalue weighted by molar-refractivity contribution is 5.82. The smallest absolute Gasteiger partial charge is 0.0146 e. The van der Waals surface area contributed by atoms with E-state index in [-0.39, 0.29) is 0 Å². The van der Waals surface area contributed by atoms with Crippen molar-refractivity contribution < 1.29 is 0 Å². The molecule has 0 unspecified atom stereocenters. The molecule has 0 bridgehead atoms. The summed E-state index contributed by atoms with van der Waals surface area (Å²) in [4.78, 5) is 0. The van der Waals surface area contributed by atoms with Crippen molar-refractivity contribution in [1.29, 1.82) is 0 Å². The van der Waals surface area contributed by atoms with Crippen LogP contribution in [0.4, 0.5) is 0 Å². The third-order valence-electron chi connectivity index (χ3n) is 4.98. The summed E-state index contributed by atoms with van der Waals surface area (Å²) in [5.74, 6) is 0. The minimum atomic E-state index is 1.03. The molecule has 0 N–H and O–H groups in total. The van der Waals surface area contributed by atoms with Crippen LogP contribution in [-0.4, -0.2) is 0 Å². The molecule has 0 atom stereocenters. The van der Waals surface area contributed by atoms with Crippen LogP contribution in [0.5, 0.6) is 0 Å². The summed E-state index contributed by atoms with van der Waals surface area (Å²) >= 11 is 0. The summed E-state index contributed by atoms with van der Waals surface area (Å²) in [6.45, 7) is 8.66. The van der Waals surface area contributed by atoms with Crippen LogP contribution in [0.25, 0.3) is 27.8 Å².